The van der Waals surface area contributed by atoms with Crippen molar-refractivity contribution in [2.75, 3.05) is 13.1 Å². The van der Waals surface area contributed by atoms with E-state index in [-0.39, 0.29) is 11.9 Å². The fourth-order valence-electron chi connectivity index (χ4n) is 3.91. The summed E-state index contributed by atoms with van der Waals surface area (Å²) in [5.41, 5.74) is 2.46. The maximum Gasteiger partial charge on any atom is 0.273 e. The first-order chi connectivity index (χ1) is 14.7. The molecule has 0 saturated carbocycles. The first kappa shape index (κ1) is 20.2. The summed E-state index contributed by atoms with van der Waals surface area (Å²) in [4.78, 5) is 22.9. The highest BCUT2D eigenvalue weighted by atomic mass is 16.5. The van der Waals surface area contributed by atoms with Crippen LogP contribution < -0.4 is 5.32 Å². The number of benzene rings is 1. The van der Waals surface area contributed by atoms with E-state index in [2.05, 4.69) is 55.7 Å². The lowest BCUT2D eigenvalue weighted by molar-refractivity contribution is 0.0929. The van der Waals surface area contributed by atoms with Gasteiger partial charge in [0.25, 0.3) is 5.91 Å². The molecule has 7 nitrogen and oxygen atoms in total. The third kappa shape index (κ3) is 5.30. The number of amides is 1. The van der Waals surface area contributed by atoms with E-state index in [0.29, 0.717) is 12.2 Å². The van der Waals surface area contributed by atoms with Crippen LogP contribution in [0.5, 0.6) is 0 Å². The third-order valence-electron chi connectivity index (χ3n) is 5.64. The van der Waals surface area contributed by atoms with Gasteiger partial charge in [0.15, 0.2) is 11.5 Å². The quantitative estimate of drug-likeness (QED) is 0.648. The molecule has 30 heavy (non-hydrogen) atoms. The van der Waals surface area contributed by atoms with Crippen LogP contribution in [0.25, 0.3) is 0 Å². The lowest BCUT2D eigenvalue weighted by Gasteiger charge is -2.31. The monoisotopic (exact) mass is 405 g/mol. The zero-order valence-corrected chi connectivity index (χ0v) is 17.2. The van der Waals surface area contributed by atoms with Gasteiger partial charge in [-0.2, -0.15) is 0 Å². The van der Waals surface area contributed by atoms with Crippen molar-refractivity contribution in [2.24, 2.45) is 5.92 Å². The number of nitrogens with zero attached hydrogens (tertiary/aromatic N) is 4. The number of aromatic nitrogens is 3. The Morgan fingerprint density at radius 2 is 2.03 bits per heavy atom. The molecule has 3 heterocycles. The second-order valence-corrected chi connectivity index (χ2v) is 7.92. The molecule has 4 rings (SSSR count). The number of carbonyl (C=O) groups is 1. The second kappa shape index (κ2) is 9.63. The molecule has 0 spiro atoms. The van der Waals surface area contributed by atoms with Gasteiger partial charge in [0, 0.05) is 12.3 Å². The smallest absolute Gasteiger partial charge is 0.273 e. The first-order valence-electron chi connectivity index (χ1n) is 10.5. The van der Waals surface area contributed by atoms with Crippen molar-refractivity contribution < 1.29 is 9.32 Å². The zero-order chi connectivity index (χ0) is 20.8. The van der Waals surface area contributed by atoms with Crippen molar-refractivity contribution in [2.45, 2.75) is 38.8 Å². The SMILES string of the molecule is C[C@H](NC(=O)c1cc(CN2CCC(Cc3ccccc3)CC2)on1)c1ccncn1. The predicted molar refractivity (Wildman–Crippen MR) is 113 cm³/mol. The Hall–Kier alpha value is -3.06. The summed E-state index contributed by atoms with van der Waals surface area (Å²) in [6, 6.07) is 14.0. The van der Waals surface area contributed by atoms with Crippen LogP contribution in [0, 0.1) is 5.92 Å². The van der Waals surface area contributed by atoms with Crippen molar-refractivity contribution in [3.8, 4) is 0 Å². The van der Waals surface area contributed by atoms with Gasteiger partial charge in [-0.3, -0.25) is 9.69 Å². The average Bonchev–Trinajstić information content (AvgIpc) is 3.25. The van der Waals surface area contributed by atoms with E-state index in [0.717, 1.165) is 36.9 Å². The molecule has 0 unspecified atom stereocenters. The summed E-state index contributed by atoms with van der Waals surface area (Å²) in [5, 5.41) is 6.85. The molecule has 1 atom stereocenters. The summed E-state index contributed by atoms with van der Waals surface area (Å²) in [6.45, 7) is 4.62. The van der Waals surface area contributed by atoms with Crippen molar-refractivity contribution in [3.63, 3.8) is 0 Å². The largest absolute Gasteiger partial charge is 0.359 e. The minimum atomic E-state index is -0.266. The summed E-state index contributed by atoms with van der Waals surface area (Å²) in [6.07, 6.45) is 6.61. The van der Waals surface area contributed by atoms with Gasteiger partial charge < -0.3 is 9.84 Å². The third-order valence-corrected chi connectivity index (χ3v) is 5.64. The van der Waals surface area contributed by atoms with Crippen molar-refractivity contribution in [1.82, 2.24) is 25.3 Å². The van der Waals surface area contributed by atoms with Gasteiger partial charge >= 0.3 is 0 Å². The molecule has 1 aliphatic rings. The molecule has 0 radical (unpaired) electrons. The number of hydrogen-bond acceptors (Lipinski definition) is 6. The number of hydrogen-bond donors (Lipinski definition) is 1. The summed E-state index contributed by atoms with van der Waals surface area (Å²) in [5.74, 6) is 1.18. The fraction of sp³-hybridized carbons (Fsp3) is 0.391. The summed E-state index contributed by atoms with van der Waals surface area (Å²) >= 11 is 0. The molecule has 0 bridgehead atoms. The number of nitrogens with one attached hydrogen (secondary N) is 1. The zero-order valence-electron chi connectivity index (χ0n) is 17.2. The molecule has 2 aromatic heterocycles. The molecule has 7 heteroatoms. The number of likely N-dealkylation sites (tertiary alicyclic amines) is 1. The van der Waals surface area contributed by atoms with Crippen LogP contribution in [-0.4, -0.2) is 39.0 Å². The topological polar surface area (TPSA) is 84.2 Å². The van der Waals surface area contributed by atoms with Crippen LogP contribution in [0.4, 0.5) is 0 Å². The molecule has 156 valence electrons. The molecule has 1 saturated heterocycles. The Labute approximate surface area is 176 Å². The fourth-order valence-corrected chi connectivity index (χ4v) is 3.91. The van der Waals surface area contributed by atoms with E-state index in [1.165, 1.54) is 24.7 Å². The number of carbonyl (C=O) groups excluding carboxylic acids is 1. The van der Waals surface area contributed by atoms with Gasteiger partial charge in [-0.1, -0.05) is 35.5 Å². The van der Waals surface area contributed by atoms with Crippen LogP contribution in [-0.2, 0) is 13.0 Å². The highest BCUT2D eigenvalue weighted by Crippen LogP contribution is 2.23. The Balaban J connectivity index is 1.25. The van der Waals surface area contributed by atoms with Gasteiger partial charge in [0.05, 0.1) is 18.3 Å². The molecular formula is C23H27N5O2. The number of piperidine rings is 1. The lowest BCUT2D eigenvalue weighted by Crippen LogP contribution is -2.33. The van der Waals surface area contributed by atoms with Gasteiger partial charge in [0.2, 0.25) is 0 Å². The second-order valence-electron chi connectivity index (χ2n) is 7.92. The first-order valence-corrected chi connectivity index (χ1v) is 10.5. The Kier molecular flexibility index (Phi) is 6.49. The maximum absolute atomic E-state index is 12.5. The molecule has 1 N–H and O–H groups in total. The van der Waals surface area contributed by atoms with Crippen LogP contribution >= 0.6 is 0 Å². The molecule has 1 fully saturated rings. The predicted octanol–water partition coefficient (Wildman–Crippen LogP) is 3.41. The average molecular weight is 406 g/mol. The van der Waals surface area contributed by atoms with E-state index in [9.17, 15) is 4.79 Å². The normalized spacial score (nSPS) is 16.3. The molecule has 1 aliphatic heterocycles. The highest BCUT2D eigenvalue weighted by molar-refractivity contribution is 5.92. The van der Waals surface area contributed by atoms with E-state index >= 15 is 0 Å². The van der Waals surface area contributed by atoms with Crippen molar-refractivity contribution in [1.29, 1.82) is 0 Å². The summed E-state index contributed by atoms with van der Waals surface area (Å²) in [7, 11) is 0. The highest BCUT2D eigenvalue weighted by Gasteiger charge is 2.22. The molecule has 1 aromatic carbocycles. The molecule has 3 aromatic rings. The van der Waals surface area contributed by atoms with Crippen LogP contribution in [0.15, 0.2) is 59.5 Å². The standard InChI is InChI=1S/C23H27N5O2/c1-17(21-7-10-24-16-25-21)26-23(29)22-14-20(30-27-22)15-28-11-8-19(9-12-28)13-18-5-3-2-4-6-18/h2-7,10,14,16-17,19H,8-9,11-13,15H2,1H3,(H,26,29)/t17-/m0/s1. The minimum Gasteiger partial charge on any atom is -0.359 e. The van der Waals surface area contributed by atoms with E-state index < -0.39 is 0 Å². The van der Waals surface area contributed by atoms with Crippen molar-refractivity contribution >= 4 is 5.91 Å². The van der Waals surface area contributed by atoms with Gasteiger partial charge in [-0.25, -0.2) is 9.97 Å². The van der Waals surface area contributed by atoms with E-state index in [1.807, 2.05) is 6.92 Å². The minimum absolute atomic E-state index is 0.232. The van der Waals surface area contributed by atoms with Gasteiger partial charge in [0.1, 0.15) is 6.33 Å². The van der Waals surface area contributed by atoms with Gasteiger partial charge in [-0.15, -0.1) is 0 Å². The molecular weight excluding hydrogens is 378 g/mol. The summed E-state index contributed by atoms with van der Waals surface area (Å²) < 4.78 is 5.42. The molecule has 1 amide bonds. The lowest BCUT2D eigenvalue weighted by atomic mass is 9.90. The van der Waals surface area contributed by atoms with Crippen molar-refractivity contribution in [3.05, 3.63) is 77.7 Å². The van der Waals surface area contributed by atoms with Crippen LogP contribution in [0.2, 0.25) is 0 Å². The van der Waals surface area contributed by atoms with Crippen LogP contribution in [0.1, 0.15) is 53.3 Å². The Bertz CT molecular complexity index is 936. The number of rotatable bonds is 7. The van der Waals surface area contributed by atoms with E-state index in [1.54, 1.807) is 18.3 Å². The van der Waals surface area contributed by atoms with Gasteiger partial charge in [-0.05, 0) is 56.8 Å². The van der Waals surface area contributed by atoms with E-state index in [4.69, 9.17) is 4.52 Å². The van der Waals surface area contributed by atoms with Crippen LogP contribution in [0.3, 0.4) is 0 Å². The Morgan fingerprint density at radius 1 is 1.23 bits per heavy atom. The molecule has 0 aliphatic carbocycles. The maximum atomic E-state index is 12.5. The Morgan fingerprint density at radius 3 is 2.77 bits per heavy atom.